The number of carboxylic acid groups (broad SMARTS) is 1. The maximum absolute atomic E-state index is 13.0. The fraction of sp³-hybridized carbons (Fsp3) is 0.526. The van der Waals surface area contributed by atoms with E-state index in [-0.39, 0.29) is 18.6 Å². The number of methoxy groups -OCH3 is 1. The van der Waals surface area contributed by atoms with E-state index in [1.54, 1.807) is 30.3 Å². The molecule has 1 aliphatic rings. The Labute approximate surface area is 164 Å². The van der Waals surface area contributed by atoms with E-state index in [2.05, 4.69) is 0 Å². The minimum Gasteiger partial charge on any atom is -0.481 e. The number of hydrogen-bond acceptors (Lipinski definition) is 6. The largest absolute Gasteiger partial charge is 0.481 e. The van der Waals surface area contributed by atoms with Gasteiger partial charge in [-0.25, -0.2) is 13.2 Å². The molecule has 1 aliphatic heterocycles. The van der Waals surface area contributed by atoms with Crippen molar-refractivity contribution in [2.75, 3.05) is 19.4 Å². The van der Waals surface area contributed by atoms with Gasteiger partial charge in [-0.15, -0.1) is 0 Å². The first kappa shape index (κ1) is 21.9. The van der Waals surface area contributed by atoms with Crippen LogP contribution < -0.4 is 0 Å². The molecular weight excluding hydrogens is 386 g/mol. The number of carboxylic acids is 1. The number of hydrogen-bond donors (Lipinski definition) is 1. The van der Waals surface area contributed by atoms with Gasteiger partial charge in [0.1, 0.15) is 6.04 Å². The van der Waals surface area contributed by atoms with E-state index in [4.69, 9.17) is 9.84 Å². The Morgan fingerprint density at radius 2 is 1.93 bits per heavy atom. The molecule has 0 aliphatic carbocycles. The third-order valence-corrected chi connectivity index (χ3v) is 6.43. The summed E-state index contributed by atoms with van der Waals surface area (Å²) < 4.78 is 30.0. The molecule has 1 heterocycles. The van der Waals surface area contributed by atoms with Crippen molar-refractivity contribution >= 4 is 27.7 Å². The Balaban J connectivity index is 2.17. The van der Waals surface area contributed by atoms with Crippen LogP contribution in [0.15, 0.2) is 30.3 Å². The van der Waals surface area contributed by atoms with Gasteiger partial charge < -0.3 is 14.7 Å². The van der Waals surface area contributed by atoms with E-state index in [1.807, 2.05) is 0 Å². The predicted octanol–water partition coefficient (Wildman–Crippen LogP) is 1.25. The Morgan fingerprint density at radius 3 is 2.54 bits per heavy atom. The molecule has 1 aromatic carbocycles. The fourth-order valence-corrected chi connectivity index (χ4v) is 5.16. The summed E-state index contributed by atoms with van der Waals surface area (Å²) in [6, 6.07) is 7.84. The maximum atomic E-state index is 13.0. The van der Waals surface area contributed by atoms with Crippen molar-refractivity contribution < 1.29 is 32.6 Å². The van der Waals surface area contributed by atoms with Crippen LogP contribution in [-0.2, 0) is 34.7 Å². The number of amides is 1. The van der Waals surface area contributed by atoms with Crippen LogP contribution in [-0.4, -0.2) is 61.7 Å². The minimum atomic E-state index is -3.66. The maximum Gasteiger partial charge on any atom is 0.328 e. The second-order valence-corrected chi connectivity index (χ2v) is 8.99. The van der Waals surface area contributed by atoms with Crippen LogP contribution in [0, 0.1) is 5.92 Å². The van der Waals surface area contributed by atoms with Crippen molar-refractivity contribution in [3.8, 4) is 0 Å². The number of ether oxygens (including phenoxy) is 1. The molecule has 2 atom stereocenters. The van der Waals surface area contributed by atoms with Gasteiger partial charge in [-0.3, -0.25) is 9.59 Å². The zero-order chi connectivity index (χ0) is 20.7. The number of sulfone groups is 1. The number of nitrogens with zero attached hydrogens (tertiary/aromatic N) is 1. The molecule has 1 aromatic rings. The molecule has 8 nitrogen and oxygen atoms in total. The molecule has 2 rings (SSSR count). The van der Waals surface area contributed by atoms with Gasteiger partial charge in [0.25, 0.3) is 0 Å². The zero-order valence-corrected chi connectivity index (χ0v) is 16.6. The van der Waals surface area contributed by atoms with Crippen LogP contribution >= 0.6 is 0 Å². The average Bonchev–Trinajstić information content (AvgIpc) is 3.14. The van der Waals surface area contributed by atoms with Gasteiger partial charge in [0, 0.05) is 13.0 Å². The second kappa shape index (κ2) is 9.68. The highest BCUT2D eigenvalue weighted by atomic mass is 32.2. The summed E-state index contributed by atoms with van der Waals surface area (Å²) in [6.45, 7) is 0.320. The molecule has 0 aromatic heterocycles. The number of carbonyl (C=O) groups is 3. The molecule has 154 valence electrons. The topological polar surface area (TPSA) is 118 Å². The quantitative estimate of drug-likeness (QED) is 0.608. The van der Waals surface area contributed by atoms with Crippen LogP contribution in [0.1, 0.15) is 31.2 Å². The van der Waals surface area contributed by atoms with Gasteiger partial charge in [0.05, 0.1) is 24.5 Å². The summed E-state index contributed by atoms with van der Waals surface area (Å²) in [4.78, 5) is 37.2. The normalized spacial score (nSPS) is 17.9. The first-order valence-corrected chi connectivity index (χ1v) is 10.9. The molecule has 9 heteroatoms. The number of aliphatic carboxylic acids is 1. The van der Waals surface area contributed by atoms with E-state index in [9.17, 15) is 22.8 Å². The molecular formula is C19H25NO7S. The lowest BCUT2D eigenvalue weighted by Crippen LogP contribution is -2.45. The van der Waals surface area contributed by atoms with Crippen LogP contribution in [0.3, 0.4) is 0 Å². The first-order chi connectivity index (χ1) is 13.2. The lowest BCUT2D eigenvalue weighted by molar-refractivity contribution is -0.152. The number of esters is 1. The fourth-order valence-electron chi connectivity index (χ4n) is 3.42. The van der Waals surface area contributed by atoms with E-state index >= 15 is 0 Å². The van der Waals surface area contributed by atoms with E-state index in [0.29, 0.717) is 24.9 Å². The van der Waals surface area contributed by atoms with Gasteiger partial charge >= 0.3 is 11.9 Å². The summed E-state index contributed by atoms with van der Waals surface area (Å²) in [5, 5.41) is 8.97. The number of carbonyl (C=O) groups excluding carboxylic acids is 2. The summed E-state index contributed by atoms with van der Waals surface area (Å²) in [5.41, 5.74) is 0.598. The van der Waals surface area contributed by atoms with Crippen LogP contribution in [0.5, 0.6) is 0 Å². The van der Waals surface area contributed by atoms with Gasteiger partial charge in [0.2, 0.25) is 5.91 Å². The van der Waals surface area contributed by atoms with E-state index in [0.717, 1.165) is 0 Å². The monoisotopic (exact) mass is 411 g/mol. The molecule has 1 fully saturated rings. The highest BCUT2D eigenvalue weighted by Gasteiger charge is 2.39. The van der Waals surface area contributed by atoms with Crippen LogP contribution in [0.25, 0.3) is 0 Å². The average molecular weight is 411 g/mol. The summed E-state index contributed by atoms with van der Waals surface area (Å²) >= 11 is 0. The molecule has 1 saturated heterocycles. The number of benzene rings is 1. The van der Waals surface area contributed by atoms with Gasteiger partial charge in [0.15, 0.2) is 9.84 Å². The van der Waals surface area contributed by atoms with Crippen molar-refractivity contribution in [2.24, 2.45) is 5.92 Å². The highest BCUT2D eigenvalue weighted by Crippen LogP contribution is 2.24. The molecule has 0 bridgehead atoms. The van der Waals surface area contributed by atoms with E-state index < -0.39 is 45.4 Å². The summed E-state index contributed by atoms with van der Waals surface area (Å²) in [7, 11) is -2.42. The molecule has 1 N–H and O–H groups in total. The van der Waals surface area contributed by atoms with E-state index in [1.165, 1.54) is 12.0 Å². The van der Waals surface area contributed by atoms with Crippen molar-refractivity contribution in [1.29, 1.82) is 0 Å². The molecule has 28 heavy (non-hydrogen) atoms. The lowest BCUT2D eigenvalue weighted by Gasteiger charge is -2.27. The summed E-state index contributed by atoms with van der Waals surface area (Å²) in [5.74, 6) is -3.87. The Bertz CT molecular complexity index is 807. The second-order valence-electron chi connectivity index (χ2n) is 6.88. The van der Waals surface area contributed by atoms with Crippen molar-refractivity contribution in [3.05, 3.63) is 35.9 Å². The smallest absolute Gasteiger partial charge is 0.328 e. The van der Waals surface area contributed by atoms with Crippen molar-refractivity contribution in [1.82, 2.24) is 4.90 Å². The predicted molar refractivity (Wildman–Crippen MR) is 101 cm³/mol. The Morgan fingerprint density at radius 1 is 1.25 bits per heavy atom. The van der Waals surface area contributed by atoms with Gasteiger partial charge in [-0.05, 0) is 24.8 Å². The minimum absolute atomic E-state index is 0.105. The number of rotatable bonds is 9. The molecule has 0 saturated carbocycles. The zero-order valence-electron chi connectivity index (χ0n) is 15.7. The van der Waals surface area contributed by atoms with Crippen LogP contribution in [0.2, 0.25) is 0 Å². The van der Waals surface area contributed by atoms with Crippen molar-refractivity contribution in [3.63, 3.8) is 0 Å². The van der Waals surface area contributed by atoms with Crippen LogP contribution in [0.4, 0.5) is 0 Å². The third-order valence-electron chi connectivity index (χ3n) is 4.75. The third kappa shape index (κ3) is 6.05. The van der Waals surface area contributed by atoms with Gasteiger partial charge in [-0.2, -0.15) is 0 Å². The standard InChI is InChI=1S/C19H25NO7S/c1-27-19(24)16-8-5-11-20(16)18(23)15(9-10-17(21)22)13-28(25,26)12-14-6-3-2-4-7-14/h2-4,6-7,15-16H,5,8-13H2,1H3,(H,21,22)/t15-,16-/m0/s1. The Kier molecular flexibility index (Phi) is 7.56. The molecule has 0 spiro atoms. The SMILES string of the molecule is COC(=O)[C@@H]1CCCN1C(=O)[C@@H](CCC(=O)O)CS(=O)(=O)Cc1ccccc1. The highest BCUT2D eigenvalue weighted by molar-refractivity contribution is 7.90. The molecule has 1 amide bonds. The Hall–Kier alpha value is -2.42. The lowest BCUT2D eigenvalue weighted by atomic mass is 10.0. The first-order valence-electron chi connectivity index (χ1n) is 9.08. The molecule has 0 unspecified atom stereocenters. The van der Waals surface area contributed by atoms with Crippen molar-refractivity contribution in [2.45, 2.75) is 37.5 Å². The van der Waals surface area contributed by atoms with Gasteiger partial charge in [-0.1, -0.05) is 30.3 Å². The molecule has 0 radical (unpaired) electrons. The summed E-state index contributed by atoms with van der Waals surface area (Å²) in [6.07, 6.45) is 0.620. The number of likely N-dealkylation sites (tertiary alicyclic amines) is 1.